The molecule has 2 heterocycles. The SMILES string of the molecule is CC(C)(CC1(C(F)(F)F)CO1)c1cccc(C2OCCCO2)c1. The highest BCUT2D eigenvalue weighted by molar-refractivity contribution is 5.31. The second-order valence-electron chi connectivity index (χ2n) is 6.89. The quantitative estimate of drug-likeness (QED) is 0.778. The zero-order valence-electron chi connectivity index (χ0n) is 13.3. The monoisotopic (exact) mass is 330 g/mol. The molecule has 2 saturated heterocycles. The molecule has 0 spiro atoms. The molecule has 128 valence electrons. The molecule has 1 aromatic rings. The number of hydrogen-bond donors (Lipinski definition) is 0. The van der Waals surface area contributed by atoms with E-state index in [4.69, 9.17) is 14.2 Å². The van der Waals surface area contributed by atoms with Crippen molar-refractivity contribution >= 4 is 0 Å². The molecule has 0 radical (unpaired) electrons. The maximum Gasteiger partial charge on any atom is 0.419 e. The van der Waals surface area contributed by atoms with Gasteiger partial charge < -0.3 is 14.2 Å². The highest BCUT2D eigenvalue weighted by Crippen LogP contribution is 2.51. The maximum atomic E-state index is 13.1. The van der Waals surface area contributed by atoms with Crippen LogP contribution in [0.25, 0.3) is 0 Å². The van der Waals surface area contributed by atoms with E-state index in [9.17, 15) is 13.2 Å². The second kappa shape index (κ2) is 5.76. The van der Waals surface area contributed by atoms with Crippen molar-refractivity contribution in [3.05, 3.63) is 35.4 Å². The van der Waals surface area contributed by atoms with Crippen LogP contribution in [0.2, 0.25) is 0 Å². The van der Waals surface area contributed by atoms with Gasteiger partial charge in [-0.3, -0.25) is 0 Å². The summed E-state index contributed by atoms with van der Waals surface area (Å²) in [5, 5.41) is 0. The highest BCUT2D eigenvalue weighted by Gasteiger charge is 2.67. The molecule has 0 N–H and O–H groups in total. The summed E-state index contributed by atoms with van der Waals surface area (Å²) in [6, 6.07) is 7.44. The largest absolute Gasteiger partial charge is 0.419 e. The third-order valence-corrected chi connectivity index (χ3v) is 4.50. The van der Waals surface area contributed by atoms with Gasteiger partial charge >= 0.3 is 6.18 Å². The Labute approximate surface area is 133 Å². The highest BCUT2D eigenvalue weighted by atomic mass is 19.4. The van der Waals surface area contributed by atoms with Crippen LogP contribution >= 0.6 is 0 Å². The summed E-state index contributed by atoms with van der Waals surface area (Å²) in [5.41, 5.74) is -0.999. The molecular formula is C17H21F3O3. The number of alkyl halides is 3. The number of ether oxygens (including phenoxy) is 3. The Balaban J connectivity index is 1.80. The summed E-state index contributed by atoms with van der Waals surface area (Å²) < 4.78 is 55.4. The minimum absolute atomic E-state index is 0.0979. The Morgan fingerprint density at radius 3 is 2.39 bits per heavy atom. The van der Waals surface area contributed by atoms with E-state index in [0.29, 0.717) is 13.2 Å². The van der Waals surface area contributed by atoms with Gasteiger partial charge in [-0.2, -0.15) is 13.2 Å². The number of halogens is 3. The molecule has 2 fully saturated rings. The Hall–Kier alpha value is -1.11. The topological polar surface area (TPSA) is 31.0 Å². The van der Waals surface area contributed by atoms with Crippen LogP contribution in [0.1, 0.15) is 44.1 Å². The molecule has 1 aromatic carbocycles. The van der Waals surface area contributed by atoms with E-state index in [0.717, 1.165) is 17.5 Å². The van der Waals surface area contributed by atoms with Crippen molar-refractivity contribution in [2.24, 2.45) is 0 Å². The molecule has 3 rings (SSSR count). The van der Waals surface area contributed by atoms with Crippen LogP contribution in [0.5, 0.6) is 0 Å². The zero-order chi connectivity index (χ0) is 16.7. The first-order valence-corrected chi connectivity index (χ1v) is 7.78. The van der Waals surface area contributed by atoms with E-state index >= 15 is 0 Å². The fraction of sp³-hybridized carbons (Fsp3) is 0.647. The van der Waals surface area contributed by atoms with Gasteiger partial charge in [0, 0.05) is 5.56 Å². The van der Waals surface area contributed by atoms with Gasteiger partial charge in [-0.1, -0.05) is 38.1 Å². The van der Waals surface area contributed by atoms with E-state index in [1.807, 2.05) is 38.1 Å². The molecule has 0 saturated carbocycles. The van der Waals surface area contributed by atoms with Crippen LogP contribution < -0.4 is 0 Å². The molecule has 2 aliphatic rings. The predicted octanol–water partition coefficient (Wildman–Crippen LogP) is 4.12. The lowest BCUT2D eigenvalue weighted by molar-refractivity contribution is -0.189. The summed E-state index contributed by atoms with van der Waals surface area (Å²) in [6.45, 7) is 4.62. The molecule has 0 aliphatic carbocycles. The van der Waals surface area contributed by atoms with Gasteiger partial charge in [-0.15, -0.1) is 0 Å². The smallest absolute Gasteiger partial charge is 0.360 e. The van der Waals surface area contributed by atoms with Gasteiger partial charge in [0.1, 0.15) is 0 Å². The van der Waals surface area contributed by atoms with Crippen LogP contribution in [-0.4, -0.2) is 31.6 Å². The Bertz CT molecular complexity index is 558. The van der Waals surface area contributed by atoms with Gasteiger partial charge in [-0.25, -0.2) is 0 Å². The van der Waals surface area contributed by atoms with Crippen molar-refractivity contribution in [2.45, 2.75) is 50.2 Å². The molecule has 23 heavy (non-hydrogen) atoms. The summed E-state index contributed by atoms with van der Waals surface area (Å²) in [6.07, 6.45) is -4.02. The Morgan fingerprint density at radius 2 is 1.83 bits per heavy atom. The van der Waals surface area contributed by atoms with Crippen molar-refractivity contribution in [1.82, 2.24) is 0 Å². The third-order valence-electron chi connectivity index (χ3n) is 4.50. The van der Waals surface area contributed by atoms with Crippen LogP contribution in [0.15, 0.2) is 24.3 Å². The minimum Gasteiger partial charge on any atom is -0.360 e. The first-order valence-electron chi connectivity index (χ1n) is 7.78. The molecule has 6 heteroatoms. The predicted molar refractivity (Wildman–Crippen MR) is 78.1 cm³/mol. The Morgan fingerprint density at radius 1 is 1.17 bits per heavy atom. The molecule has 0 bridgehead atoms. The van der Waals surface area contributed by atoms with E-state index in [1.54, 1.807) is 0 Å². The molecule has 2 aliphatic heterocycles. The van der Waals surface area contributed by atoms with Crippen LogP contribution in [0.3, 0.4) is 0 Å². The van der Waals surface area contributed by atoms with Crippen LogP contribution in [0.4, 0.5) is 13.2 Å². The zero-order valence-corrected chi connectivity index (χ0v) is 13.3. The summed E-state index contributed by atoms with van der Waals surface area (Å²) in [7, 11) is 0. The van der Waals surface area contributed by atoms with Crippen molar-refractivity contribution in [1.29, 1.82) is 0 Å². The lowest BCUT2D eigenvalue weighted by Gasteiger charge is -2.31. The Kier molecular flexibility index (Phi) is 4.19. The third kappa shape index (κ3) is 3.39. The second-order valence-corrected chi connectivity index (χ2v) is 6.89. The number of benzene rings is 1. The molecule has 1 atom stereocenters. The first-order chi connectivity index (χ1) is 10.7. The van der Waals surface area contributed by atoms with Gasteiger partial charge in [0.2, 0.25) is 0 Å². The van der Waals surface area contributed by atoms with Crippen LogP contribution in [0, 0.1) is 0 Å². The average molecular weight is 330 g/mol. The number of hydrogen-bond acceptors (Lipinski definition) is 3. The van der Waals surface area contributed by atoms with Crippen molar-refractivity contribution in [2.75, 3.05) is 19.8 Å². The molecule has 3 nitrogen and oxygen atoms in total. The fourth-order valence-electron chi connectivity index (χ4n) is 3.06. The van der Waals surface area contributed by atoms with Gasteiger partial charge in [0.15, 0.2) is 11.9 Å². The summed E-state index contributed by atoms with van der Waals surface area (Å²) >= 11 is 0. The maximum absolute atomic E-state index is 13.1. The standard InChI is InChI=1S/C17H21F3O3/c1-15(2,10-16(11-23-16)17(18,19)20)13-6-3-5-12(9-13)14-21-7-4-8-22-14/h3,5-6,9,14H,4,7-8,10-11H2,1-2H3. The van der Waals surface area contributed by atoms with E-state index < -0.39 is 23.5 Å². The molecule has 1 unspecified atom stereocenters. The van der Waals surface area contributed by atoms with Gasteiger partial charge in [-0.05, 0) is 23.8 Å². The van der Waals surface area contributed by atoms with Crippen molar-refractivity contribution in [3.63, 3.8) is 0 Å². The van der Waals surface area contributed by atoms with Crippen molar-refractivity contribution in [3.8, 4) is 0 Å². The lowest BCUT2D eigenvalue weighted by atomic mass is 9.76. The fourth-order valence-corrected chi connectivity index (χ4v) is 3.06. The van der Waals surface area contributed by atoms with E-state index in [2.05, 4.69) is 0 Å². The summed E-state index contributed by atoms with van der Waals surface area (Å²) in [5.74, 6) is 0. The van der Waals surface area contributed by atoms with E-state index in [-0.39, 0.29) is 13.0 Å². The summed E-state index contributed by atoms with van der Waals surface area (Å²) in [4.78, 5) is 0. The number of rotatable bonds is 4. The lowest BCUT2D eigenvalue weighted by Crippen LogP contribution is -2.39. The average Bonchev–Trinajstić information content (AvgIpc) is 3.28. The normalized spacial score (nSPS) is 26.3. The van der Waals surface area contributed by atoms with Gasteiger partial charge in [0.05, 0.1) is 19.8 Å². The molecule has 0 amide bonds. The molecule has 0 aromatic heterocycles. The first kappa shape index (κ1) is 16.7. The van der Waals surface area contributed by atoms with Crippen molar-refractivity contribution < 1.29 is 27.4 Å². The van der Waals surface area contributed by atoms with E-state index in [1.165, 1.54) is 0 Å². The minimum atomic E-state index is -4.34. The van der Waals surface area contributed by atoms with Gasteiger partial charge in [0.25, 0.3) is 0 Å². The molecular weight excluding hydrogens is 309 g/mol. The van der Waals surface area contributed by atoms with Crippen LogP contribution in [-0.2, 0) is 19.6 Å². The number of epoxide rings is 1.